The SMILES string of the molecule is CCCCC(CC)COP(O)OCC(CC)CCCC.CCCCC(CC)COP(O)OCC(CC)CCCC.[Ba]. The molecule has 0 bridgehead atoms. The van der Waals surface area contributed by atoms with Gasteiger partial charge in [-0.2, -0.15) is 0 Å². The maximum absolute atomic E-state index is 9.81. The fourth-order valence-electron chi connectivity index (χ4n) is 4.34. The molecule has 0 aliphatic carbocycles. The molecule has 0 rings (SSSR count). The molecule has 41 heavy (non-hydrogen) atoms. The van der Waals surface area contributed by atoms with Crippen LogP contribution in [0, 0.1) is 23.7 Å². The van der Waals surface area contributed by atoms with Crippen molar-refractivity contribution in [1.29, 1.82) is 0 Å². The van der Waals surface area contributed by atoms with E-state index in [-0.39, 0.29) is 48.9 Å². The zero-order valence-electron chi connectivity index (χ0n) is 28.6. The van der Waals surface area contributed by atoms with Crippen molar-refractivity contribution in [3.8, 4) is 0 Å². The normalized spacial score (nSPS) is 15.7. The number of hydrogen-bond donors (Lipinski definition) is 2. The van der Waals surface area contributed by atoms with E-state index in [1.54, 1.807) is 0 Å². The van der Waals surface area contributed by atoms with Gasteiger partial charge in [-0.25, -0.2) is 0 Å². The number of hydrogen-bond acceptors (Lipinski definition) is 6. The average Bonchev–Trinajstić information content (AvgIpc) is 2.97. The van der Waals surface area contributed by atoms with Crippen molar-refractivity contribution in [3.05, 3.63) is 0 Å². The van der Waals surface area contributed by atoms with Gasteiger partial charge in [-0.15, -0.1) is 0 Å². The molecule has 0 aromatic rings. The second-order valence-corrected chi connectivity index (χ2v) is 13.3. The molecule has 0 fully saturated rings. The first-order valence-corrected chi connectivity index (χ1v) is 19.1. The zero-order valence-corrected chi connectivity index (χ0v) is 34.8. The molecule has 0 amide bonds. The van der Waals surface area contributed by atoms with Gasteiger partial charge in [-0.1, -0.05) is 132 Å². The molecule has 4 unspecified atom stereocenters. The summed E-state index contributed by atoms with van der Waals surface area (Å²) in [5.74, 6) is 2.21. The van der Waals surface area contributed by atoms with E-state index in [2.05, 4.69) is 55.4 Å². The third kappa shape index (κ3) is 31.9. The Balaban J connectivity index is -0.000000688. The van der Waals surface area contributed by atoms with Crippen molar-refractivity contribution in [2.45, 2.75) is 158 Å². The molecule has 0 aromatic heterocycles. The quantitative estimate of drug-likeness (QED) is 0.0613. The van der Waals surface area contributed by atoms with Gasteiger partial charge in [-0.3, -0.25) is 0 Å². The monoisotopic (exact) mass is 750 g/mol. The third-order valence-electron chi connectivity index (χ3n) is 7.86. The molecule has 2 N–H and O–H groups in total. The van der Waals surface area contributed by atoms with Crippen LogP contribution in [0.3, 0.4) is 0 Å². The van der Waals surface area contributed by atoms with Crippen LogP contribution >= 0.6 is 17.2 Å². The minimum absolute atomic E-state index is 0. The van der Waals surface area contributed by atoms with Gasteiger partial charge in [0, 0.05) is 48.9 Å². The van der Waals surface area contributed by atoms with Gasteiger partial charge in [0.05, 0.1) is 26.4 Å². The average molecular weight is 750 g/mol. The largest absolute Gasteiger partial charge is 0.329 e. The van der Waals surface area contributed by atoms with Gasteiger partial charge in [0.2, 0.25) is 0 Å². The van der Waals surface area contributed by atoms with Crippen LogP contribution in [0.5, 0.6) is 0 Å². The van der Waals surface area contributed by atoms with Gasteiger partial charge in [0.1, 0.15) is 0 Å². The molecule has 6 nitrogen and oxygen atoms in total. The van der Waals surface area contributed by atoms with E-state index in [4.69, 9.17) is 18.1 Å². The van der Waals surface area contributed by atoms with Crippen molar-refractivity contribution in [2.75, 3.05) is 26.4 Å². The van der Waals surface area contributed by atoms with Crippen LogP contribution in [0.1, 0.15) is 158 Å². The van der Waals surface area contributed by atoms with E-state index in [1.807, 2.05) is 0 Å². The Morgan fingerprint density at radius 3 is 0.756 bits per heavy atom. The van der Waals surface area contributed by atoms with Crippen LogP contribution < -0.4 is 0 Å². The Morgan fingerprint density at radius 2 is 0.610 bits per heavy atom. The summed E-state index contributed by atoms with van der Waals surface area (Å²) in [5.41, 5.74) is 0. The summed E-state index contributed by atoms with van der Waals surface area (Å²) in [7, 11) is -3.37. The molecule has 0 aliphatic heterocycles. The van der Waals surface area contributed by atoms with Gasteiger partial charge in [-0.05, 0) is 49.4 Å². The van der Waals surface area contributed by atoms with Gasteiger partial charge in [0.15, 0.2) is 0 Å². The van der Waals surface area contributed by atoms with Crippen LogP contribution in [0.2, 0.25) is 0 Å². The van der Waals surface area contributed by atoms with Crippen molar-refractivity contribution < 1.29 is 27.9 Å². The molecular formula is C32H70BaO6P2. The first-order valence-electron chi connectivity index (χ1n) is 16.8. The van der Waals surface area contributed by atoms with Crippen molar-refractivity contribution in [2.24, 2.45) is 23.7 Å². The zero-order chi connectivity index (χ0) is 30.4. The van der Waals surface area contributed by atoms with Crippen LogP contribution in [-0.2, 0) is 18.1 Å². The maximum atomic E-state index is 9.81. The molecule has 0 spiro atoms. The summed E-state index contributed by atoms with van der Waals surface area (Å²) in [4.78, 5) is 19.6. The Kier molecular flexibility index (Phi) is 42.6. The second kappa shape index (κ2) is 36.7. The Bertz CT molecular complexity index is 413. The second-order valence-electron chi connectivity index (χ2n) is 11.3. The topological polar surface area (TPSA) is 77.4 Å². The van der Waals surface area contributed by atoms with E-state index >= 15 is 0 Å². The molecular weight excluding hydrogens is 680 g/mol. The van der Waals surface area contributed by atoms with E-state index in [1.165, 1.54) is 77.0 Å². The number of unbranched alkanes of at least 4 members (excludes halogenated alkanes) is 4. The van der Waals surface area contributed by atoms with E-state index < -0.39 is 17.2 Å². The smallest absolute Gasteiger partial charge is 0.328 e. The molecule has 246 valence electrons. The standard InChI is InChI=1S/2C16H35O3P.Ba/c2*1-5-9-11-15(7-3)13-18-20(17)19-14-16(8-4)12-10-6-2;/h2*15-17H,5-14H2,1-4H3;. The van der Waals surface area contributed by atoms with Crippen LogP contribution in [0.4, 0.5) is 0 Å². The fraction of sp³-hybridized carbons (Fsp3) is 1.00. The first-order chi connectivity index (χ1) is 19.3. The van der Waals surface area contributed by atoms with E-state index in [0.717, 1.165) is 25.7 Å². The summed E-state index contributed by atoms with van der Waals surface area (Å²) >= 11 is 0. The summed E-state index contributed by atoms with van der Waals surface area (Å²) in [6.07, 6.45) is 19.0. The molecule has 0 aromatic carbocycles. The molecule has 4 atom stereocenters. The van der Waals surface area contributed by atoms with Crippen molar-refractivity contribution in [1.82, 2.24) is 0 Å². The molecule has 2 radical (unpaired) electrons. The molecule has 0 heterocycles. The van der Waals surface area contributed by atoms with Crippen molar-refractivity contribution in [3.63, 3.8) is 0 Å². The van der Waals surface area contributed by atoms with Gasteiger partial charge < -0.3 is 27.9 Å². The minimum atomic E-state index is -1.69. The summed E-state index contributed by atoms with van der Waals surface area (Å²) in [5, 5.41) is 0. The summed E-state index contributed by atoms with van der Waals surface area (Å²) in [6, 6.07) is 0. The van der Waals surface area contributed by atoms with Gasteiger partial charge in [0.25, 0.3) is 0 Å². The number of rotatable bonds is 28. The molecule has 0 saturated carbocycles. The Labute approximate surface area is 299 Å². The molecule has 9 heteroatoms. The first kappa shape index (κ1) is 47.6. The minimum Gasteiger partial charge on any atom is -0.328 e. The van der Waals surface area contributed by atoms with Crippen LogP contribution in [-0.4, -0.2) is 85.1 Å². The summed E-state index contributed by atoms with van der Waals surface area (Å²) in [6.45, 7) is 20.1. The van der Waals surface area contributed by atoms with Crippen molar-refractivity contribution >= 4 is 66.1 Å². The molecule has 0 aliphatic rings. The van der Waals surface area contributed by atoms with E-state index in [0.29, 0.717) is 50.1 Å². The maximum Gasteiger partial charge on any atom is 0.329 e. The predicted octanol–water partition coefficient (Wildman–Crippen LogP) is 11.0. The van der Waals surface area contributed by atoms with Crippen LogP contribution in [0.25, 0.3) is 0 Å². The molecule has 0 saturated heterocycles. The Morgan fingerprint density at radius 1 is 0.415 bits per heavy atom. The fourth-order valence-corrected chi connectivity index (χ4v) is 5.85. The third-order valence-corrected chi connectivity index (χ3v) is 9.34. The van der Waals surface area contributed by atoms with E-state index in [9.17, 15) is 9.79 Å². The van der Waals surface area contributed by atoms with Crippen LogP contribution in [0.15, 0.2) is 0 Å². The Hall–Kier alpha value is 2.19. The summed E-state index contributed by atoms with van der Waals surface area (Å²) < 4.78 is 22.0. The predicted molar refractivity (Wildman–Crippen MR) is 181 cm³/mol. The van der Waals surface area contributed by atoms with Gasteiger partial charge >= 0.3 is 17.2 Å².